The molecule has 0 bridgehead atoms. The van der Waals surface area contributed by atoms with Crippen LogP contribution in [0.2, 0.25) is 0 Å². The number of nitrogens with zero attached hydrogens (tertiary/aromatic N) is 2. The van der Waals surface area contributed by atoms with E-state index >= 15 is 0 Å². The van der Waals surface area contributed by atoms with E-state index in [0.717, 1.165) is 62.5 Å². The number of aliphatic imine (C=N–C) groups is 1. The summed E-state index contributed by atoms with van der Waals surface area (Å²) in [6, 6.07) is 7.90. The Hall–Kier alpha value is -0.960. The van der Waals surface area contributed by atoms with Crippen LogP contribution in [0.4, 0.5) is 0 Å². The molecule has 1 heterocycles. The first kappa shape index (κ1) is 25.1. The van der Waals surface area contributed by atoms with E-state index < -0.39 is 0 Å². The van der Waals surface area contributed by atoms with E-state index in [9.17, 15) is 4.79 Å². The van der Waals surface area contributed by atoms with Crippen LogP contribution in [-0.2, 0) is 6.54 Å². The van der Waals surface area contributed by atoms with Crippen LogP contribution in [-0.4, -0.2) is 55.0 Å². The number of piperidine rings is 1. The third-order valence-electron chi connectivity index (χ3n) is 4.68. The summed E-state index contributed by atoms with van der Waals surface area (Å²) in [7, 11) is 0. The molecule has 2 N–H and O–H groups in total. The van der Waals surface area contributed by atoms with E-state index in [0.29, 0.717) is 6.54 Å². The zero-order chi connectivity index (χ0) is 19.3. The summed E-state index contributed by atoms with van der Waals surface area (Å²) in [6.45, 7) is 6.25. The van der Waals surface area contributed by atoms with Gasteiger partial charge in [-0.05, 0) is 68.7 Å². The number of carbonyl (C=O) groups excluding carboxylic acids is 1. The second-order valence-corrected chi connectivity index (χ2v) is 7.86. The molecule has 1 aliphatic rings. The van der Waals surface area contributed by atoms with Gasteiger partial charge >= 0.3 is 0 Å². The van der Waals surface area contributed by atoms with E-state index in [1.54, 1.807) is 0 Å². The maximum absolute atomic E-state index is 12.5. The smallest absolute Gasteiger partial charge is 0.253 e. The summed E-state index contributed by atoms with van der Waals surface area (Å²) >= 11 is 1.89. The van der Waals surface area contributed by atoms with Crippen LogP contribution in [0, 0.1) is 0 Å². The van der Waals surface area contributed by atoms with Gasteiger partial charge in [0, 0.05) is 31.7 Å². The highest BCUT2D eigenvalue weighted by atomic mass is 127. The maximum Gasteiger partial charge on any atom is 0.253 e. The van der Waals surface area contributed by atoms with Gasteiger partial charge in [-0.1, -0.05) is 12.1 Å². The van der Waals surface area contributed by atoms with E-state index in [-0.39, 0.29) is 29.9 Å². The first-order valence-electron chi connectivity index (χ1n) is 10.1. The number of hydrogen-bond acceptors (Lipinski definition) is 3. The Kier molecular flexibility index (Phi) is 13.4. The highest BCUT2D eigenvalue weighted by molar-refractivity contribution is 14.0. The van der Waals surface area contributed by atoms with Gasteiger partial charge in [0.15, 0.2) is 5.96 Å². The fourth-order valence-electron chi connectivity index (χ4n) is 3.12. The minimum Gasteiger partial charge on any atom is -0.357 e. The number of unbranched alkanes of at least 4 members (excludes halogenated alkanes) is 1. The van der Waals surface area contributed by atoms with Crippen LogP contribution in [0.15, 0.2) is 29.3 Å². The van der Waals surface area contributed by atoms with Crippen LogP contribution in [0.5, 0.6) is 0 Å². The Morgan fingerprint density at radius 2 is 1.82 bits per heavy atom. The van der Waals surface area contributed by atoms with Gasteiger partial charge in [-0.15, -0.1) is 24.0 Å². The summed E-state index contributed by atoms with van der Waals surface area (Å²) in [6.07, 6.45) is 8.00. The third-order valence-corrected chi connectivity index (χ3v) is 5.37. The fourth-order valence-corrected chi connectivity index (χ4v) is 3.62. The molecule has 1 amide bonds. The van der Waals surface area contributed by atoms with Crippen molar-refractivity contribution >= 4 is 47.6 Å². The number of nitrogens with one attached hydrogen (secondary N) is 2. The molecule has 0 saturated carbocycles. The molecule has 1 aromatic rings. The molecule has 0 unspecified atom stereocenters. The standard InChI is InChI=1S/C21H34N4OS.HI/c1-3-22-21(23-13-5-8-16-27-2)24-17-18-9-11-19(12-10-18)20(26)25-14-6-4-7-15-25;/h9-12H,3-8,13-17H2,1-2H3,(H2,22,23,24);1H. The Labute approximate surface area is 191 Å². The second-order valence-electron chi connectivity index (χ2n) is 6.87. The van der Waals surface area contributed by atoms with Crippen molar-refractivity contribution in [2.75, 3.05) is 38.2 Å². The van der Waals surface area contributed by atoms with Crippen molar-refractivity contribution in [3.63, 3.8) is 0 Å². The van der Waals surface area contributed by atoms with Gasteiger partial charge in [-0.3, -0.25) is 4.79 Å². The number of guanidine groups is 1. The van der Waals surface area contributed by atoms with Gasteiger partial charge in [-0.2, -0.15) is 11.8 Å². The summed E-state index contributed by atoms with van der Waals surface area (Å²) in [5.74, 6) is 2.22. The normalized spacial score (nSPS) is 14.4. The summed E-state index contributed by atoms with van der Waals surface area (Å²) in [5, 5.41) is 6.68. The number of amides is 1. The van der Waals surface area contributed by atoms with Crippen molar-refractivity contribution in [2.24, 2.45) is 4.99 Å². The number of thioether (sulfide) groups is 1. The molecule has 0 spiro atoms. The number of likely N-dealkylation sites (tertiary alicyclic amines) is 1. The van der Waals surface area contributed by atoms with E-state index in [2.05, 4.69) is 28.8 Å². The molecule has 7 heteroatoms. The Morgan fingerprint density at radius 3 is 2.46 bits per heavy atom. The lowest BCUT2D eigenvalue weighted by molar-refractivity contribution is 0.0724. The SMILES string of the molecule is CCNC(=NCc1ccc(C(=O)N2CCCCC2)cc1)NCCCCSC.I. The van der Waals surface area contributed by atoms with E-state index in [4.69, 9.17) is 0 Å². The number of benzene rings is 1. The van der Waals surface area contributed by atoms with Crippen molar-refractivity contribution in [1.29, 1.82) is 0 Å². The average Bonchev–Trinajstić information content (AvgIpc) is 2.72. The number of halogens is 1. The van der Waals surface area contributed by atoms with Crippen molar-refractivity contribution in [2.45, 2.75) is 45.6 Å². The lowest BCUT2D eigenvalue weighted by Gasteiger charge is -2.26. The van der Waals surface area contributed by atoms with E-state index in [1.165, 1.54) is 18.6 Å². The molecular weight excluding hydrogens is 483 g/mol. The molecule has 158 valence electrons. The highest BCUT2D eigenvalue weighted by Crippen LogP contribution is 2.14. The third kappa shape index (κ3) is 9.03. The number of hydrogen-bond donors (Lipinski definition) is 2. The Morgan fingerprint density at radius 1 is 1.11 bits per heavy atom. The molecule has 0 aromatic heterocycles. The zero-order valence-corrected chi connectivity index (χ0v) is 20.4. The number of carbonyl (C=O) groups is 1. The molecule has 1 fully saturated rings. The summed E-state index contributed by atoms with van der Waals surface area (Å²) in [4.78, 5) is 19.2. The first-order chi connectivity index (χ1) is 13.2. The van der Waals surface area contributed by atoms with Gasteiger partial charge in [0.2, 0.25) is 0 Å². The van der Waals surface area contributed by atoms with Crippen LogP contribution >= 0.6 is 35.7 Å². The zero-order valence-electron chi connectivity index (χ0n) is 17.2. The first-order valence-corrected chi connectivity index (χ1v) is 11.5. The van der Waals surface area contributed by atoms with Gasteiger partial charge < -0.3 is 15.5 Å². The predicted molar refractivity (Wildman–Crippen MR) is 132 cm³/mol. The molecule has 28 heavy (non-hydrogen) atoms. The lowest BCUT2D eigenvalue weighted by atomic mass is 10.1. The molecule has 1 aromatic carbocycles. The van der Waals surface area contributed by atoms with Crippen molar-refractivity contribution in [3.8, 4) is 0 Å². The Balaban J connectivity index is 0.00000392. The highest BCUT2D eigenvalue weighted by Gasteiger charge is 2.17. The van der Waals surface area contributed by atoms with Gasteiger partial charge in [0.25, 0.3) is 5.91 Å². The van der Waals surface area contributed by atoms with Crippen LogP contribution in [0.1, 0.15) is 54.9 Å². The molecule has 5 nitrogen and oxygen atoms in total. The minimum atomic E-state index is 0. The summed E-state index contributed by atoms with van der Waals surface area (Å²) in [5.41, 5.74) is 1.90. The topological polar surface area (TPSA) is 56.7 Å². The summed E-state index contributed by atoms with van der Waals surface area (Å²) < 4.78 is 0. The van der Waals surface area contributed by atoms with Gasteiger partial charge in [-0.25, -0.2) is 4.99 Å². The van der Waals surface area contributed by atoms with E-state index in [1.807, 2.05) is 40.9 Å². The van der Waals surface area contributed by atoms with Gasteiger partial charge in [0.05, 0.1) is 6.54 Å². The quantitative estimate of drug-likeness (QED) is 0.224. The largest absolute Gasteiger partial charge is 0.357 e. The monoisotopic (exact) mass is 518 g/mol. The molecule has 2 rings (SSSR count). The molecule has 0 radical (unpaired) electrons. The molecule has 1 saturated heterocycles. The molecule has 1 aliphatic heterocycles. The van der Waals surface area contributed by atoms with Crippen molar-refractivity contribution < 1.29 is 4.79 Å². The molecule has 0 aliphatic carbocycles. The fraction of sp³-hybridized carbons (Fsp3) is 0.619. The molecule has 0 atom stereocenters. The second kappa shape index (κ2) is 15.0. The lowest BCUT2D eigenvalue weighted by Crippen LogP contribution is -2.37. The van der Waals surface area contributed by atoms with Crippen molar-refractivity contribution in [3.05, 3.63) is 35.4 Å². The van der Waals surface area contributed by atoms with Crippen molar-refractivity contribution in [1.82, 2.24) is 15.5 Å². The van der Waals surface area contributed by atoms with Crippen LogP contribution in [0.3, 0.4) is 0 Å². The average molecular weight is 519 g/mol. The van der Waals surface area contributed by atoms with Crippen LogP contribution in [0.25, 0.3) is 0 Å². The minimum absolute atomic E-state index is 0. The Bertz CT molecular complexity index is 589. The predicted octanol–water partition coefficient (Wildman–Crippen LogP) is 4.13. The molecular formula is C21H35IN4OS. The van der Waals surface area contributed by atoms with Gasteiger partial charge in [0.1, 0.15) is 0 Å². The maximum atomic E-state index is 12.5. The number of rotatable bonds is 9. The van der Waals surface area contributed by atoms with Crippen LogP contribution < -0.4 is 10.6 Å².